The monoisotopic (exact) mass is 245 g/mol. The van der Waals surface area contributed by atoms with Gasteiger partial charge in [0.2, 0.25) is 0 Å². The summed E-state index contributed by atoms with van der Waals surface area (Å²) in [4.78, 5) is 0. The molecule has 3 N–H and O–H groups in total. The number of H-pyrrole nitrogens is 1. The first-order valence-electron chi connectivity index (χ1n) is 6.17. The Morgan fingerprint density at radius 1 is 1.33 bits per heavy atom. The number of nitrogens with zero attached hydrogens (tertiary/aromatic N) is 1. The summed E-state index contributed by atoms with van der Waals surface area (Å²) in [6.07, 6.45) is 2.56. The Hall–Kier alpha value is -1.81. The highest BCUT2D eigenvalue weighted by molar-refractivity contribution is 5.46. The molecule has 0 fully saturated rings. The van der Waals surface area contributed by atoms with Crippen LogP contribution in [0.25, 0.3) is 0 Å². The predicted octanol–water partition coefficient (Wildman–Crippen LogP) is 2.43. The van der Waals surface area contributed by atoms with Crippen LogP contribution in [-0.2, 0) is 6.42 Å². The van der Waals surface area contributed by atoms with Crippen molar-refractivity contribution >= 4 is 5.69 Å². The fourth-order valence-electron chi connectivity index (χ4n) is 2.02. The van der Waals surface area contributed by atoms with Crippen LogP contribution in [0.1, 0.15) is 29.8 Å². The normalized spacial score (nSPS) is 12.4. The van der Waals surface area contributed by atoms with Gasteiger partial charge in [0.1, 0.15) is 0 Å². The SMILES string of the molecule is Cc1[nH]ncc1C(C)Nc1ccc(CCO)cc1. The summed E-state index contributed by atoms with van der Waals surface area (Å²) in [5.41, 5.74) is 4.49. The average Bonchev–Trinajstić information content (AvgIpc) is 2.78. The van der Waals surface area contributed by atoms with Crippen LogP contribution in [-0.4, -0.2) is 21.9 Å². The highest BCUT2D eigenvalue weighted by Crippen LogP contribution is 2.20. The lowest BCUT2D eigenvalue weighted by molar-refractivity contribution is 0.299. The Balaban J connectivity index is 2.03. The zero-order valence-corrected chi connectivity index (χ0v) is 10.8. The van der Waals surface area contributed by atoms with E-state index >= 15 is 0 Å². The zero-order chi connectivity index (χ0) is 13.0. The molecule has 0 spiro atoms. The molecule has 1 atom stereocenters. The van der Waals surface area contributed by atoms with Crippen molar-refractivity contribution in [3.63, 3.8) is 0 Å². The molecule has 2 aromatic rings. The van der Waals surface area contributed by atoms with E-state index in [1.54, 1.807) is 0 Å². The molecule has 0 radical (unpaired) electrons. The van der Waals surface area contributed by atoms with E-state index in [0.717, 1.165) is 16.9 Å². The fraction of sp³-hybridized carbons (Fsp3) is 0.357. The number of aryl methyl sites for hydroxylation is 1. The summed E-state index contributed by atoms with van der Waals surface area (Å²) in [5, 5.41) is 19.3. The van der Waals surface area contributed by atoms with Crippen LogP contribution in [0.2, 0.25) is 0 Å². The van der Waals surface area contributed by atoms with Gasteiger partial charge in [0.15, 0.2) is 0 Å². The minimum Gasteiger partial charge on any atom is -0.396 e. The number of aliphatic hydroxyl groups excluding tert-OH is 1. The molecule has 0 aliphatic carbocycles. The molecule has 4 heteroatoms. The number of hydrogen-bond donors (Lipinski definition) is 3. The second kappa shape index (κ2) is 5.69. The number of aromatic nitrogens is 2. The Kier molecular flexibility index (Phi) is 3.99. The van der Waals surface area contributed by atoms with E-state index in [0.29, 0.717) is 6.42 Å². The number of benzene rings is 1. The molecule has 0 aliphatic heterocycles. The van der Waals surface area contributed by atoms with Gasteiger partial charge < -0.3 is 10.4 Å². The third-order valence-electron chi connectivity index (χ3n) is 3.07. The van der Waals surface area contributed by atoms with Crippen LogP contribution in [0.3, 0.4) is 0 Å². The van der Waals surface area contributed by atoms with Gasteiger partial charge in [-0.2, -0.15) is 5.10 Å². The summed E-state index contributed by atoms with van der Waals surface area (Å²) < 4.78 is 0. The van der Waals surface area contributed by atoms with E-state index in [2.05, 4.69) is 22.4 Å². The third kappa shape index (κ3) is 2.90. The second-order valence-electron chi connectivity index (χ2n) is 4.49. The van der Waals surface area contributed by atoms with Gasteiger partial charge in [0.25, 0.3) is 0 Å². The number of rotatable bonds is 5. The highest BCUT2D eigenvalue weighted by Gasteiger charge is 2.09. The summed E-state index contributed by atoms with van der Waals surface area (Å²) in [6.45, 7) is 4.32. The minimum absolute atomic E-state index is 0.192. The standard InChI is InChI=1S/C14H19N3O/c1-10(14-9-15-17-11(14)2)16-13-5-3-12(4-6-13)7-8-18/h3-6,9-10,16,18H,7-8H2,1-2H3,(H,15,17). The molecule has 1 heterocycles. The van der Waals surface area contributed by atoms with Gasteiger partial charge in [-0.15, -0.1) is 0 Å². The first kappa shape index (κ1) is 12.6. The molecule has 1 aromatic carbocycles. The molecule has 18 heavy (non-hydrogen) atoms. The van der Waals surface area contributed by atoms with Gasteiger partial charge in [-0.05, 0) is 38.0 Å². The van der Waals surface area contributed by atoms with E-state index in [4.69, 9.17) is 5.11 Å². The van der Waals surface area contributed by atoms with E-state index in [1.807, 2.05) is 37.4 Å². The molecule has 1 aromatic heterocycles. The van der Waals surface area contributed by atoms with E-state index in [9.17, 15) is 0 Å². The quantitative estimate of drug-likeness (QED) is 0.758. The zero-order valence-electron chi connectivity index (χ0n) is 10.8. The maximum Gasteiger partial charge on any atom is 0.0542 e. The highest BCUT2D eigenvalue weighted by atomic mass is 16.2. The lowest BCUT2D eigenvalue weighted by Crippen LogP contribution is -2.07. The van der Waals surface area contributed by atoms with Crippen molar-refractivity contribution in [3.8, 4) is 0 Å². The molecule has 96 valence electrons. The number of anilines is 1. The molecule has 1 unspecified atom stereocenters. The van der Waals surface area contributed by atoms with Crippen molar-refractivity contribution in [2.75, 3.05) is 11.9 Å². The molecular weight excluding hydrogens is 226 g/mol. The Morgan fingerprint density at radius 3 is 2.61 bits per heavy atom. The first-order valence-corrected chi connectivity index (χ1v) is 6.17. The van der Waals surface area contributed by atoms with Gasteiger partial charge in [-0.3, -0.25) is 5.10 Å². The van der Waals surface area contributed by atoms with Crippen molar-refractivity contribution in [2.45, 2.75) is 26.3 Å². The van der Waals surface area contributed by atoms with Gasteiger partial charge in [-0.1, -0.05) is 12.1 Å². The van der Waals surface area contributed by atoms with Crippen molar-refractivity contribution in [3.05, 3.63) is 47.3 Å². The molecule has 2 rings (SSSR count). The molecule has 0 saturated heterocycles. The predicted molar refractivity (Wildman–Crippen MR) is 72.6 cm³/mol. The molecule has 0 amide bonds. The van der Waals surface area contributed by atoms with Gasteiger partial charge in [0, 0.05) is 23.6 Å². The van der Waals surface area contributed by atoms with E-state index in [-0.39, 0.29) is 12.6 Å². The number of aromatic amines is 1. The Labute approximate surface area is 107 Å². The molecule has 0 aliphatic rings. The van der Waals surface area contributed by atoms with Crippen molar-refractivity contribution < 1.29 is 5.11 Å². The van der Waals surface area contributed by atoms with Crippen LogP contribution in [0, 0.1) is 6.92 Å². The number of aliphatic hydroxyl groups is 1. The van der Waals surface area contributed by atoms with Crippen LogP contribution in [0.5, 0.6) is 0 Å². The van der Waals surface area contributed by atoms with E-state index < -0.39 is 0 Å². The van der Waals surface area contributed by atoms with E-state index in [1.165, 1.54) is 5.56 Å². The average molecular weight is 245 g/mol. The summed E-state index contributed by atoms with van der Waals surface area (Å²) in [5.74, 6) is 0. The number of nitrogens with one attached hydrogen (secondary N) is 2. The first-order chi connectivity index (χ1) is 8.70. The summed E-state index contributed by atoms with van der Waals surface area (Å²) >= 11 is 0. The van der Waals surface area contributed by atoms with Gasteiger partial charge >= 0.3 is 0 Å². The maximum absolute atomic E-state index is 8.86. The van der Waals surface area contributed by atoms with Crippen molar-refractivity contribution in [1.82, 2.24) is 10.2 Å². The molecular formula is C14H19N3O. The van der Waals surface area contributed by atoms with Crippen LogP contribution >= 0.6 is 0 Å². The lowest BCUT2D eigenvalue weighted by atomic mass is 10.1. The molecule has 0 saturated carbocycles. The fourth-order valence-corrected chi connectivity index (χ4v) is 2.02. The van der Waals surface area contributed by atoms with Crippen molar-refractivity contribution in [2.24, 2.45) is 0 Å². The minimum atomic E-state index is 0.192. The Morgan fingerprint density at radius 2 is 2.06 bits per heavy atom. The Bertz CT molecular complexity index is 490. The van der Waals surface area contributed by atoms with Crippen LogP contribution < -0.4 is 5.32 Å². The lowest BCUT2D eigenvalue weighted by Gasteiger charge is -2.15. The van der Waals surface area contributed by atoms with Crippen LogP contribution in [0.15, 0.2) is 30.5 Å². The maximum atomic E-state index is 8.86. The third-order valence-corrected chi connectivity index (χ3v) is 3.07. The largest absolute Gasteiger partial charge is 0.396 e. The molecule has 0 bridgehead atoms. The second-order valence-corrected chi connectivity index (χ2v) is 4.49. The van der Waals surface area contributed by atoms with Gasteiger partial charge in [-0.25, -0.2) is 0 Å². The number of hydrogen-bond acceptors (Lipinski definition) is 3. The topological polar surface area (TPSA) is 60.9 Å². The van der Waals surface area contributed by atoms with Crippen molar-refractivity contribution in [1.29, 1.82) is 0 Å². The summed E-state index contributed by atoms with van der Waals surface area (Å²) in [7, 11) is 0. The molecule has 4 nitrogen and oxygen atoms in total. The van der Waals surface area contributed by atoms with Crippen LogP contribution in [0.4, 0.5) is 5.69 Å². The smallest absolute Gasteiger partial charge is 0.0542 e. The van der Waals surface area contributed by atoms with Gasteiger partial charge in [0.05, 0.1) is 12.2 Å². The summed E-state index contributed by atoms with van der Waals surface area (Å²) in [6, 6.07) is 8.36.